The lowest BCUT2D eigenvalue weighted by molar-refractivity contribution is 0.257. The summed E-state index contributed by atoms with van der Waals surface area (Å²) in [5.74, 6) is 0. The van der Waals surface area contributed by atoms with Crippen LogP contribution in [-0.2, 0) is 11.3 Å². The van der Waals surface area contributed by atoms with E-state index in [0.29, 0.717) is 0 Å². The zero-order chi connectivity index (χ0) is 9.72. The van der Waals surface area contributed by atoms with Gasteiger partial charge < -0.3 is 0 Å². The molecule has 0 aliphatic heterocycles. The third-order valence-corrected chi connectivity index (χ3v) is 3.31. The van der Waals surface area contributed by atoms with Gasteiger partial charge in [-0.2, -0.15) is 4.31 Å². The van der Waals surface area contributed by atoms with Gasteiger partial charge in [0, 0.05) is 12.1 Å². The van der Waals surface area contributed by atoms with E-state index in [4.69, 9.17) is 4.55 Å². The van der Waals surface area contributed by atoms with Gasteiger partial charge in [0.1, 0.15) is 0 Å². The van der Waals surface area contributed by atoms with Gasteiger partial charge in [-0.1, -0.05) is 13.8 Å². The van der Waals surface area contributed by atoms with E-state index in [1.165, 1.54) is 0 Å². The predicted molar refractivity (Wildman–Crippen MR) is 52.1 cm³/mol. The molecule has 4 heteroatoms. The maximum absolute atomic E-state index is 10.9. The van der Waals surface area contributed by atoms with Crippen LogP contribution in [0.25, 0.3) is 0 Å². The van der Waals surface area contributed by atoms with Crippen molar-refractivity contribution in [3.63, 3.8) is 0 Å². The Kier molecular flexibility index (Phi) is 5.70. The standard InChI is InChI=1S/C8H19NO2S/c1-5-7(3)9(12(10)11)8(4)6-2/h7-8H,5-6H2,1-4H3,(H,10,11). The minimum Gasteiger partial charge on any atom is -0.294 e. The number of hydrogen-bond acceptors (Lipinski definition) is 1. The lowest BCUT2D eigenvalue weighted by atomic mass is 10.2. The fourth-order valence-electron chi connectivity index (χ4n) is 1.10. The zero-order valence-electron chi connectivity index (χ0n) is 8.28. The van der Waals surface area contributed by atoms with Crippen LogP contribution in [0.2, 0.25) is 0 Å². The molecule has 0 bridgehead atoms. The summed E-state index contributed by atoms with van der Waals surface area (Å²) < 4.78 is 21.6. The molecule has 0 heterocycles. The molecule has 0 aromatic heterocycles. The zero-order valence-corrected chi connectivity index (χ0v) is 9.10. The number of nitrogens with zero attached hydrogens (tertiary/aromatic N) is 1. The summed E-state index contributed by atoms with van der Waals surface area (Å²) in [4.78, 5) is 0. The molecule has 0 aromatic carbocycles. The maximum atomic E-state index is 10.9. The molecule has 0 aliphatic carbocycles. The Morgan fingerprint density at radius 2 is 1.58 bits per heavy atom. The van der Waals surface area contributed by atoms with Gasteiger partial charge in [0.15, 0.2) is 0 Å². The predicted octanol–water partition coefficient (Wildman–Crippen LogP) is 2.02. The molecule has 0 spiro atoms. The van der Waals surface area contributed by atoms with Gasteiger partial charge in [-0.3, -0.25) is 4.55 Å². The molecule has 0 saturated carbocycles. The Morgan fingerprint density at radius 1 is 1.25 bits per heavy atom. The van der Waals surface area contributed by atoms with Crippen LogP contribution in [0, 0.1) is 0 Å². The molecular weight excluding hydrogens is 174 g/mol. The van der Waals surface area contributed by atoms with Crippen molar-refractivity contribution in [1.29, 1.82) is 0 Å². The van der Waals surface area contributed by atoms with Crippen LogP contribution in [-0.4, -0.2) is 25.2 Å². The van der Waals surface area contributed by atoms with Gasteiger partial charge in [0.25, 0.3) is 0 Å². The quantitative estimate of drug-likeness (QED) is 0.679. The Hall–Kier alpha value is 0.0700. The molecule has 3 unspecified atom stereocenters. The SMILES string of the molecule is CCC(C)N(C(C)CC)S(=O)O. The van der Waals surface area contributed by atoms with E-state index < -0.39 is 11.3 Å². The summed E-state index contributed by atoms with van der Waals surface area (Å²) in [6, 6.07) is 0.344. The van der Waals surface area contributed by atoms with Crippen LogP contribution < -0.4 is 0 Å². The maximum Gasteiger partial charge on any atom is 0.235 e. The van der Waals surface area contributed by atoms with Crippen LogP contribution >= 0.6 is 0 Å². The highest BCUT2D eigenvalue weighted by atomic mass is 32.2. The van der Waals surface area contributed by atoms with Gasteiger partial charge in [-0.15, -0.1) is 0 Å². The van der Waals surface area contributed by atoms with Crippen molar-refractivity contribution in [3.05, 3.63) is 0 Å². The third kappa shape index (κ3) is 3.21. The minimum atomic E-state index is -1.83. The first kappa shape index (κ1) is 12.1. The molecule has 0 rings (SSSR count). The molecule has 3 atom stereocenters. The molecule has 0 radical (unpaired) electrons. The van der Waals surface area contributed by atoms with Crippen LogP contribution in [0.15, 0.2) is 0 Å². The second kappa shape index (κ2) is 5.67. The van der Waals surface area contributed by atoms with Gasteiger partial charge in [0.2, 0.25) is 11.3 Å². The van der Waals surface area contributed by atoms with E-state index in [0.717, 1.165) is 12.8 Å². The first-order valence-electron chi connectivity index (χ1n) is 4.43. The summed E-state index contributed by atoms with van der Waals surface area (Å²) in [6.45, 7) is 7.99. The van der Waals surface area contributed by atoms with Crippen molar-refractivity contribution in [2.45, 2.75) is 52.6 Å². The monoisotopic (exact) mass is 193 g/mol. The van der Waals surface area contributed by atoms with E-state index in [1.54, 1.807) is 4.31 Å². The van der Waals surface area contributed by atoms with Gasteiger partial charge in [-0.25, -0.2) is 4.21 Å². The average Bonchev–Trinajstić information content (AvgIpc) is 2.03. The van der Waals surface area contributed by atoms with E-state index in [2.05, 4.69) is 0 Å². The van der Waals surface area contributed by atoms with E-state index in [1.807, 2.05) is 27.7 Å². The summed E-state index contributed by atoms with van der Waals surface area (Å²) in [5, 5.41) is 0. The number of hydrogen-bond donors (Lipinski definition) is 1. The van der Waals surface area contributed by atoms with Crippen molar-refractivity contribution in [1.82, 2.24) is 4.31 Å². The largest absolute Gasteiger partial charge is 0.294 e. The van der Waals surface area contributed by atoms with Gasteiger partial charge >= 0.3 is 0 Å². The lowest BCUT2D eigenvalue weighted by Crippen LogP contribution is -2.40. The van der Waals surface area contributed by atoms with Crippen molar-refractivity contribution in [3.8, 4) is 0 Å². The third-order valence-electron chi connectivity index (χ3n) is 2.23. The molecule has 0 aromatic rings. The highest BCUT2D eigenvalue weighted by molar-refractivity contribution is 7.76. The first-order chi connectivity index (χ1) is 5.54. The van der Waals surface area contributed by atoms with Gasteiger partial charge in [0.05, 0.1) is 0 Å². The number of rotatable bonds is 5. The smallest absolute Gasteiger partial charge is 0.235 e. The first-order valence-corrected chi connectivity index (χ1v) is 5.50. The second-order valence-corrected chi connectivity index (χ2v) is 3.99. The van der Waals surface area contributed by atoms with Crippen molar-refractivity contribution in [2.24, 2.45) is 0 Å². The normalized spacial score (nSPS) is 19.2. The molecule has 0 amide bonds. The molecule has 0 aliphatic rings. The van der Waals surface area contributed by atoms with Crippen LogP contribution in [0.4, 0.5) is 0 Å². The second-order valence-electron chi connectivity index (χ2n) is 3.11. The van der Waals surface area contributed by atoms with Crippen molar-refractivity contribution in [2.75, 3.05) is 0 Å². The minimum absolute atomic E-state index is 0.172. The molecule has 1 N–H and O–H groups in total. The highest BCUT2D eigenvalue weighted by Crippen LogP contribution is 2.12. The Balaban J connectivity index is 4.32. The molecule has 0 fully saturated rings. The van der Waals surface area contributed by atoms with Crippen LogP contribution in [0.5, 0.6) is 0 Å². The van der Waals surface area contributed by atoms with Gasteiger partial charge in [-0.05, 0) is 26.7 Å². The summed E-state index contributed by atoms with van der Waals surface area (Å²) >= 11 is -1.83. The Bertz CT molecular complexity index is 142. The highest BCUT2D eigenvalue weighted by Gasteiger charge is 2.22. The van der Waals surface area contributed by atoms with E-state index >= 15 is 0 Å². The van der Waals surface area contributed by atoms with Crippen molar-refractivity contribution >= 4 is 11.3 Å². The van der Waals surface area contributed by atoms with Crippen LogP contribution in [0.1, 0.15) is 40.5 Å². The van der Waals surface area contributed by atoms with Crippen LogP contribution in [0.3, 0.4) is 0 Å². The Labute approximate surface area is 77.6 Å². The van der Waals surface area contributed by atoms with Crippen molar-refractivity contribution < 1.29 is 8.76 Å². The summed E-state index contributed by atoms with van der Waals surface area (Å²) in [7, 11) is 0. The Morgan fingerprint density at radius 3 is 1.75 bits per heavy atom. The topological polar surface area (TPSA) is 40.5 Å². The average molecular weight is 193 g/mol. The molecular formula is C8H19NO2S. The molecule has 3 nitrogen and oxygen atoms in total. The fourth-order valence-corrected chi connectivity index (χ4v) is 2.02. The molecule has 74 valence electrons. The van der Waals surface area contributed by atoms with E-state index in [9.17, 15) is 4.21 Å². The lowest BCUT2D eigenvalue weighted by Gasteiger charge is -2.29. The molecule has 12 heavy (non-hydrogen) atoms. The van der Waals surface area contributed by atoms with E-state index in [-0.39, 0.29) is 12.1 Å². The fraction of sp³-hybridized carbons (Fsp3) is 1.00. The molecule has 0 saturated heterocycles. The summed E-state index contributed by atoms with van der Waals surface area (Å²) in [5.41, 5.74) is 0. The summed E-state index contributed by atoms with van der Waals surface area (Å²) in [6.07, 6.45) is 1.80.